The van der Waals surface area contributed by atoms with Gasteiger partial charge in [-0.25, -0.2) is 4.98 Å². The number of thioether (sulfide) groups is 1. The maximum absolute atomic E-state index is 12.2. The van der Waals surface area contributed by atoms with Crippen LogP contribution in [-0.2, 0) is 9.59 Å². The first-order valence-electron chi connectivity index (χ1n) is 8.93. The molecule has 1 aromatic heterocycles. The Balaban J connectivity index is 1.63. The number of carbonyl (C=O) groups excluding carboxylic acids is 2. The summed E-state index contributed by atoms with van der Waals surface area (Å²) in [4.78, 5) is 28.9. The molecule has 0 bridgehead atoms. The summed E-state index contributed by atoms with van der Waals surface area (Å²) in [5.41, 5.74) is 3.03. The van der Waals surface area contributed by atoms with Crippen LogP contribution in [0.2, 0.25) is 0 Å². The van der Waals surface area contributed by atoms with Crippen molar-refractivity contribution in [1.82, 2.24) is 4.98 Å². The van der Waals surface area contributed by atoms with Crippen LogP contribution in [0.3, 0.4) is 0 Å². The molecule has 2 amide bonds. The molecule has 3 rings (SSSR count). The highest BCUT2D eigenvalue weighted by molar-refractivity contribution is 8.01. The Bertz CT molecular complexity index is 1020. The van der Waals surface area contributed by atoms with Gasteiger partial charge in [0.2, 0.25) is 11.8 Å². The molecule has 0 aliphatic rings. The topological polar surface area (TPSA) is 71.1 Å². The molecule has 2 aromatic carbocycles. The quantitative estimate of drug-likeness (QED) is 0.555. The van der Waals surface area contributed by atoms with Crippen molar-refractivity contribution >= 4 is 56.5 Å². The molecule has 0 atom stereocenters. The lowest BCUT2D eigenvalue weighted by Gasteiger charge is -2.17. The lowest BCUT2D eigenvalue weighted by Crippen LogP contribution is -2.27. The van der Waals surface area contributed by atoms with Crippen LogP contribution in [0.25, 0.3) is 10.2 Å². The fraction of sp³-hybridized carbons (Fsp3) is 0.286. The van der Waals surface area contributed by atoms with Crippen LogP contribution in [0.5, 0.6) is 0 Å². The van der Waals surface area contributed by atoms with E-state index >= 15 is 0 Å². The normalized spacial score (nSPS) is 11.4. The number of para-hydroxylation sites is 1. The van der Waals surface area contributed by atoms with E-state index in [0.717, 1.165) is 31.5 Å². The van der Waals surface area contributed by atoms with E-state index in [1.54, 1.807) is 0 Å². The summed E-state index contributed by atoms with van der Waals surface area (Å²) < 4.78 is 1.81. The average Bonchev–Trinajstić information content (AvgIpc) is 3.03. The van der Waals surface area contributed by atoms with Gasteiger partial charge in [-0.15, -0.1) is 11.3 Å². The average molecular weight is 414 g/mol. The van der Waals surface area contributed by atoms with Crippen molar-refractivity contribution < 1.29 is 9.59 Å². The summed E-state index contributed by atoms with van der Waals surface area (Å²) in [7, 11) is 0. The van der Waals surface area contributed by atoms with E-state index in [-0.39, 0.29) is 11.8 Å². The molecule has 0 spiro atoms. The summed E-state index contributed by atoms with van der Waals surface area (Å²) in [5.74, 6) is 0.206. The number of anilines is 2. The van der Waals surface area contributed by atoms with Crippen molar-refractivity contribution in [3.8, 4) is 0 Å². The Morgan fingerprint density at radius 3 is 2.57 bits per heavy atom. The summed E-state index contributed by atoms with van der Waals surface area (Å²) in [6.07, 6.45) is 0. The summed E-state index contributed by atoms with van der Waals surface area (Å²) in [5, 5.41) is 5.86. The van der Waals surface area contributed by atoms with Crippen LogP contribution in [0.4, 0.5) is 11.4 Å². The molecule has 146 valence electrons. The van der Waals surface area contributed by atoms with Gasteiger partial charge < -0.3 is 10.6 Å². The van der Waals surface area contributed by atoms with E-state index < -0.39 is 5.41 Å². The van der Waals surface area contributed by atoms with Crippen molar-refractivity contribution in [3.63, 3.8) is 0 Å². The number of amides is 2. The second-order valence-electron chi connectivity index (χ2n) is 7.52. The maximum Gasteiger partial charge on any atom is 0.234 e. The van der Waals surface area contributed by atoms with Crippen LogP contribution in [0.1, 0.15) is 26.3 Å². The molecule has 7 heteroatoms. The Morgan fingerprint density at radius 1 is 1.11 bits per heavy atom. The van der Waals surface area contributed by atoms with Crippen LogP contribution in [0.15, 0.2) is 46.8 Å². The molecule has 0 saturated carbocycles. The number of nitrogens with zero attached hydrogens (tertiary/aromatic N) is 1. The van der Waals surface area contributed by atoms with E-state index in [0.29, 0.717) is 5.75 Å². The van der Waals surface area contributed by atoms with E-state index in [1.807, 2.05) is 70.2 Å². The van der Waals surface area contributed by atoms with Crippen LogP contribution in [-0.4, -0.2) is 22.6 Å². The number of hydrogen-bond donors (Lipinski definition) is 2. The van der Waals surface area contributed by atoms with Gasteiger partial charge in [-0.2, -0.15) is 0 Å². The third-order valence-corrected chi connectivity index (χ3v) is 6.21. The van der Waals surface area contributed by atoms with Gasteiger partial charge in [0.1, 0.15) is 0 Å². The minimum Gasteiger partial charge on any atom is -0.326 e. The second kappa shape index (κ2) is 8.32. The number of rotatable bonds is 5. The zero-order valence-electron chi connectivity index (χ0n) is 16.3. The number of aryl methyl sites for hydroxylation is 1. The van der Waals surface area contributed by atoms with Crippen molar-refractivity contribution in [2.75, 3.05) is 16.4 Å². The summed E-state index contributed by atoms with van der Waals surface area (Å²) in [6, 6.07) is 13.4. The van der Waals surface area contributed by atoms with E-state index in [2.05, 4.69) is 15.6 Å². The predicted molar refractivity (Wildman–Crippen MR) is 118 cm³/mol. The first-order valence-corrected chi connectivity index (χ1v) is 10.7. The van der Waals surface area contributed by atoms with Gasteiger partial charge in [-0.1, -0.05) is 50.7 Å². The molecule has 2 N–H and O–H groups in total. The molecular formula is C21H23N3O2S2. The van der Waals surface area contributed by atoms with Crippen molar-refractivity contribution in [2.45, 2.75) is 32.0 Å². The third kappa shape index (κ3) is 5.11. The van der Waals surface area contributed by atoms with Gasteiger partial charge in [0.15, 0.2) is 4.34 Å². The number of thiazole rings is 1. The number of aromatic nitrogens is 1. The second-order valence-corrected chi connectivity index (χ2v) is 9.77. The molecule has 0 aliphatic carbocycles. The summed E-state index contributed by atoms with van der Waals surface area (Å²) >= 11 is 2.93. The lowest BCUT2D eigenvalue weighted by atomic mass is 9.95. The molecule has 0 aliphatic heterocycles. The smallest absolute Gasteiger partial charge is 0.234 e. The highest BCUT2D eigenvalue weighted by Gasteiger charge is 2.21. The minimum absolute atomic E-state index is 0.0289. The standard InChI is InChI=1S/C21H23N3O2S2/c1-13-7-5-6-8-15(13)23-18(25)12-27-20-24-16-10-9-14(11-17(16)28-20)22-19(26)21(2,3)4/h5-11H,12H2,1-4H3,(H,22,26)(H,23,25). The van der Waals surface area contributed by atoms with Crippen molar-refractivity contribution in [2.24, 2.45) is 5.41 Å². The number of carbonyl (C=O) groups is 2. The largest absolute Gasteiger partial charge is 0.326 e. The van der Waals surface area contributed by atoms with Gasteiger partial charge in [0.05, 0.1) is 16.0 Å². The van der Waals surface area contributed by atoms with Gasteiger partial charge >= 0.3 is 0 Å². The number of fused-ring (bicyclic) bond motifs is 1. The van der Waals surface area contributed by atoms with Crippen LogP contribution in [0, 0.1) is 12.3 Å². The lowest BCUT2D eigenvalue weighted by molar-refractivity contribution is -0.123. The Kier molecular flexibility index (Phi) is 6.05. The van der Waals surface area contributed by atoms with Crippen molar-refractivity contribution in [3.05, 3.63) is 48.0 Å². The van der Waals surface area contributed by atoms with Gasteiger partial charge in [0, 0.05) is 16.8 Å². The highest BCUT2D eigenvalue weighted by Crippen LogP contribution is 2.31. The van der Waals surface area contributed by atoms with Crippen LogP contribution < -0.4 is 10.6 Å². The fourth-order valence-electron chi connectivity index (χ4n) is 2.39. The van der Waals surface area contributed by atoms with Crippen molar-refractivity contribution in [1.29, 1.82) is 0 Å². The Labute approximate surface area is 172 Å². The number of hydrogen-bond acceptors (Lipinski definition) is 5. The van der Waals surface area contributed by atoms with E-state index in [9.17, 15) is 9.59 Å². The first kappa shape index (κ1) is 20.4. The fourth-order valence-corrected chi connectivity index (χ4v) is 4.30. The van der Waals surface area contributed by atoms with Gasteiger partial charge in [0.25, 0.3) is 0 Å². The zero-order chi connectivity index (χ0) is 20.3. The highest BCUT2D eigenvalue weighted by atomic mass is 32.2. The van der Waals surface area contributed by atoms with Gasteiger partial charge in [-0.3, -0.25) is 9.59 Å². The van der Waals surface area contributed by atoms with E-state index in [4.69, 9.17) is 0 Å². The predicted octanol–water partition coefficient (Wildman–Crippen LogP) is 5.32. The molecule has 0 unspecified atom stereocenters. The first-order chi connectivity index (χ1) is 13.2. The van der Waals surface area contributed by atoms with Gasteiger partial charge in [-0.05, 0) is 36.8 Å². The Hall–Kier alpha value is -2.38. The van der Waals surface area contributed by atoms with E-state index in [1.165, 1.54) is 23.1 Å². The molecule has 0 saturated heterocycles. The summed E-state index contributed by atoms with van der Waals surface area (Å²) in [6.45, 7) is 7.60. The molecule has 0 fully saturated rings. The zero-order valence-corrected chi connectivity index (χ0v) is 18.0. The Morgan fingerprint density at radius 2 is 1.86 bits per heavy atom. The molecule has 0 radical (unpaired) electrons. The van der Waals surface area contributed by atoms with Crippen LogP contribution >= 0.6 is 23.1 Å². The molecule has 3 aromatic rings. The molecular weight excluding hydrogens is 390 g/mol. The third-order valence-electron chi connectivity index (χ3n) is 4.05. The minimum atomic E-state index is -0.450. The molecule has 1 heterocycles. The monoisotopic (exact) mass is 413 g/mol. The maximum atomic E-state index is 12.2. The number of benzene rings is 2. The molecule has 5 nitrogen and oxygen atoms in total. The number of nitrogens with one attached hydrogen (secondary N) is 2. The molecule has 28 heavy (non-hydrogen) atoms. The SMILES string of the molecule is Cc1ccccc1NC(=O)CSc1nc2ccc(NC(=O)C(C)(C)C)cc2s1.